The van der Waals surface area contributed by atoms with E-state index in [4.69, 9.17) is 22.1 Å². The van der Waals surface area contributed by atoms with Crippen molar-refractivity contribution in [3.05, 3.63) is 34.9 Å². The van der Waals surface area contributed by atoms with Crippen molar-refractivity contribution in [1.29, 1.82) is 0 Å². The number of nitrogens with zero attached hydrogens (tertiary/aromatic N) is 1. The second-order valence-electron chi connectivity index (χ2n) is 6.69. The molecule has 1 heterocycles. The minimum atomic E-state index is -0.143. The number of benzene rings is 1. The monoisotopic (exact) mass is 310 g/mol. The van der Waals surface area contributed by atoms with Crippen molar-refractivity contribution in [2.45, 2.75) is 57.9 Å². The first-order chi connectivity index (χ1) is 9.82. The van der Waals surface area contributed by atoms with Gasteiger partial charge in [-0.2, -0.15) is 0 Å². The van der Waals surface area contributed by atoms with Crippen LogP contribution in [0.4, 0.5) is 0 Å². The molecule has 0 saturated carbocycles. The van der Waals surface area contributed by atoms with Crippen molar-refractivity contribution in [1.82, 2.24) is 4.90 Å². The van der Waals surface area contributed by atoms with Gasteiger partial charge in [-0.15, -0.1) is 0 Å². The molecule has 0 aliphatic carbocycles. The fourth-order valence-electron chi connectivity index (χ4n) is 3.33. The molecular weight excluding hydrogens is 284 g/mol. The summed E-state index contributed by atoms with van der Waals surface area (Å²) in [6.07, 6.45) is 1.16. The lowest BCUT2D eigenvalue weighted by Crippen LogP contribution is -2.55. The first-order valence-electron chi connectivity index (χ1n) is 7.75. The Bertz CT molecular complexity index is 460. The zero-order valence-electron chi connectivity index (χ0n) is 13.5. The Hall–Kier alpha value is -0.610. The first-order valence-corrected chi connectivity index (χ1v) is 8.13. The summed E-state index contributed by atoms with van der Waals surface area (Å²) in [5, 5.41) is 0.762. The highest BCUT2D eigenvalue weighted by molar-refractivity contribution is 6.30. The minimum absolute atomic E-state index is 0.104. The fraction of sp³-hybridized carbons (Fsp3) is 0.647. The molecule has 118 valence electrons. The highest BCUT2D eigenvalue weighted by Crippen LogP contribution is 2.32. The van der Waals surface area contributed by atoms with Gasteiger partial charge in [-0.25, -0.2) is 0 Å². The molecule has 0 aromatic heterocycles. The Morgan fingerprint density at radius 1 is 1.38 bits per heavy atom. The smallest absolute Gasteiger partial charge is 0.0757 e. The Morgan fingerprint density at radius 3 is 2.52 bits per heavy atom. The number of nitrogens with two attached hydrogens (primary N) is 1. The van der Waals surface area contributed by atoms with Crippen LogP contribution in [0.15, 0.2) is 24.3 Å². The first kappa shape index (κ1) is 16.8. The molecule has 3 nitrogen and oxygen atoms in total. The predicted octanol–water partition coefficient (Wildman–Crippen LogP) is 3.62. The lowest BCUT2D eigenvalue weighted by molar-refractivity contribution is -0.140. The molecule has 0 spiro atoms. The third-order valence-electron chi connectivity index (χ3n) is 4.08. The molecule has 1 aliphatic rings. The van der Waals surface area contributed by atoms with E-state index in [1.54, 1.807) is 0 Å². The summed E-state index contributed by atoms with van der Waals surface area (Å²) < 4.78 is 6.02. The molecule has 1 aromatic rings. The van der Waals surface area contributed by atoms with Crippen LogP contribution in [-0.2, 0) is 4.74 Å². The van der Waals surface area contributed by atoms with Crippen molar-refractivity contribution in [2.75, 3.05) is 13.1 Å². The lowest BCUT2D eigenvalue weighted by Gasteiger charge is -2.46. The topological polar surface area (TPSA) is 38.5 Å². The summed E-state index contributed by atoms with van der Waals surface area (Å²) >= 11 is 6.02. The number of morpholine rings is 1. The van der Waals surface area contributed by atoms with Gasteiger partial charge in [-0.3, -0.25) is 4.90 Å². The molecule has 3 unspecified atom stereocenters. The van der Waals surface area contributed by atoms with E-state index in [0.29, 0.717) is 0 Å². The average Bonchev–Trinajstić information content (AvgIpc) is 2.38. The second-order valence-corrected chi connectivity index (χ2v) is 7.12. The van der Waals surface area contributed by atoms with Crippen LogP contribution in [0.3, 0.4) is 0 Å². The normalized spacial score (nSPS) is 25.5. The average molecular weight is 311 g/mol. The van der Waals surface area contributed by atoms with Gasteiger partial charge in [0.25, 0.3) is 0 Å². The van der Waals surface area contributed by atoms with Gasteiger partial charge in [0, 0.05) is 24.2 Å². The van der Waals surface area contributed by atoms with E-state index in [9.17, 15) is 0 Å². The molecule has 4 heteroatoms. The maximum Gasteiger partial charge on any atom is 0.0757 e. The number of rotatable bonds is 4. The van der Waals surface area contributed by atoms with E-state index in [0.717, 1.165) is 24.5 Å². The van der Waals surface area contributed by atoms with Crippen molar-refractivity contribution < 1.29 is 4.74 Å². The van der Waals surface area contributed by atoms with E-state index in [1.165, 1.54) is 5.56 Å². The molecule has 2 N–H and O–H groups in total. The molecule has 2 rings (SSSR count). The molecule has 1 aromatic carbocycles. The van der Waals surface area contributed by atoms with Crippen molar-refractivity contribution >= 4 is 11.6 Å². The van der Waals surface area contributed by atoms with Gasteiger partial charge in [0.1, 0.15) is 0 Å². The lowest BCUT2D eigenvalue weighted by atomic mass is 9.93. The van der Waals surface area contributed by atoms with Gasteiger partial charge in [0.2, 0.25) is 0 Å². The Kier molecular flexibility index (Phi) is 5.31. The predicted molar refractivity (Wildman–Crippen MR) is 88.7 cm³/mol. The summed E-state index contributed by atoms with van der Waals surface area (Å²) in [7, 11) is 0. The van der Waals surface area contributed by atoms with Crippen LogP contribution in [0.1, 0.15) is 45.7 Å². The van der Waals surface area contributed by atoms with E-state index in [2.05, 4.69) is 44.7 Å². The van der Waals surface area contributed by atoms with Gasteiger partial charge in [-0.1, -0.05) is 30.7 Å². The van der Waals surface area contributed by atoms with Crippen LogP contribution < -0.4 is 5.73 Å². The van der Waals surface area contributed by atoms with Crippen LogP contribution in [0.2, 0.25) is 5.02 Å². The van der Waals surface area contributed by atoms with E-state index in [1.807, 2.05) is 12.1 Å². The SMILES string of the molecule is CCC(N)C(c1ccc(Cl)cc1)N1CC(C)OC(C)(C)C1. The van der Waals surface area contributed by atoms with Crippen LogP contribution >= 0.6 is 11.6 Å². The van der Waals surface area contributed by atoms with Gasteiger partial charge in [0.05, 0.1) is 17.7 Å². The molecule has 21 heavy (non-hydrogen) atoms. The molecular formula is C17H27ClN2O. The van der Waals surface area contributed by atoms with Crippen LogP contribution in [0.5, 0.6) is 0 Å². The molecule has 3 atom stereocenters. The molecule has 1 fully saturated rings. The maximum atomic E-state index is 6.44. The van der Waals surface area contributed by atoms with Gasteiger partial charge in [-0.05, 0) is 44.9 Å². The van der Waals surface area contributed by atoms with Crippen molar-refractivity contribution in [3.8, 4) is 0 Å². The van der Waals surface area contributed by atoms with E-state index < -0.39 is 0 Å². The van der Waals surface area contributed by atoms with Crippen LogP contribution in [0, 0.1) is 0 Å². The van der Waals surface area contributed by atoms with E-state index >= 15 is 0 Å². The largest absolute Gasteiger partial charge is 0.370 e. The summed E-state index contributed by atoms with van der Waals surface area (Å²) in [4.78, 5) is 2.46. The zero-order valence-corrected chi connectivity index (χ0v) is 14.2. The Balaban J connectivity index is 2.29. The van der Waals surface area contributed by atoms with Gasteiger partial charge in [0.15, 0.2) is 0 Å². The Morgan fingerprint density at radius 2 is 2.00 bits per heavy atom. The third kappa shape index (κ3) is 4.19. The minimum Gasteiger partial charge on any atom is -0.370 e. The number of hydrogen-bond donors (Lipinski definition) is 1. The summed E-state index contributed by atoms with van der Waals surface area (Å²) in [6.45, 7) is 10.4. The van der Waals surface area contributed by atoms with Crippen molar-refractivity contribution in [3.63, 3.8) is 0 Å². The second kappa shape index (κ2) is 6.66. The summed E-state index contributed by atoms with van der Waals surface area (Å²) in [6, 6.07) is 8.39. The summed E-state index contributed by atoms with van der Waals surface area (Å²) in [5.74, 6) is 0. The molecule has 1 saturated heterocycles. The summed E-state index contributed by atoms with van der Waals surface area (Å²) in [5.41, 5.74) is 7.53. The molecule has 0 amide bonds. The van der Waals surface area contributed by atoms with E-state index in [-0.39, 0.29) is 23.8 Å². The quantitative estimate of drug-likeness (QED) is 0.923. The highest BCUT2D eigenvalue weighted by atomic mass is 35.5. The Labute approximate surface area is 133 Å². The van der Waals surface area contributed by atoms with Crippen LogP contribution in [-0.4, -0.2) is 35.7 Å². The van der Waals surface area contributed by atoms with Crippen LogP contribution in [0.25, 0.3) is 0 Å². The highest BCUT2D eigenvalue weighted by Gasteiger charge is 2.36. The fourth-order valence-corrected chi connectivity index (χ4v) is 3.45. The van der Waals surface area contributed by atoms with Gasteiger partial charge >= 0.3 is 0 Å². The molecule has 0 bridgehead atoms. The molecule has 0 radical (unpaired) electrons. The zero-order chi connectivity index (χ0) is 15.6. The number of halogens is 1. The van der Waals surface area contributed by atoms with Crippen molar-refractivity contribution in [2.24, 2.45) is 5.73 Å². The molecule has 1 aliphatic heterocycles. The van der Waals surface area contributed by atoms with Gasteiger partial charge < -0.3 is 10.5 Å². The maximum absolute atomic E-state index is 6.44. The number of ether oxygens (including phenoxy) is 1. The number of hydrogen-bond acceptors (Lipinski definition) is 3. The standard InChI is InChI=1S/C17H27ClN2O/c1-5-15(19)16(13-6-8-14(18)9-7-13)20-10-12(2)21-17(3,4)11-20/h6-9,12,15-16H,5,10-11,19H2,1-4H3. The third-order valence-corrected chi connectivity index (χ3v) is 4.33.